The molecule has 2 nitrogen and oxygen atoms in total. The van der Waals surface area contributed by atoms with Crippen LogP contribution in [-0.2, 0) is 4.79 Å². The van der Waals surface area contributed by atoms with Crippen molar-refractivity contribution in [1.82, 2.24) is 4.90 Å². The topological polar surface area (TPSA) is 20.3 Å². The van der Waals surface area contributed by atoms with Gasteiger partial charge in [0, 0.05) is 19.5 Å². The van der Waals surface area contributed by atoms with Crippen LogP contribution in [0.5, 0.6) is 0 Å². The summed E-state index contributed by atoms with van der Waals surface area (Å²) in [5.74, 6) is 0.300. The summed E-state index contributed by atoms with van der Waals surface area (Å²) < 4.78 is 0. The lowest BCUT2D eigenvalue weighted by molar-refractivity contribution is -0.132. The molecule has 0 aromatic rings. The highest BCUT2D eigenvalue weighted by Crippen LogP contribution is 2.21. The molecule has 2 heteroatoms. The Morgan fingerprint density at radius 3 is 2.53 bits per heavy atom. The Morgan fingerprint density at radius 1 is 1.47 bits per heavy atom. The zero-order valence-electron chi connectivity index (χ0n) is 10.5. The zero-order valence-corrected chi connectivity index (χ0v) is 10.5. The average Bonchev–Trinajstić information content (AvgIpc) is 2.15. The molecule has 0 aromatic heterocycles. The lowest BCUT2D eigenvalue weighted by Gasteiger charge is -2.29. The summed E-state index contributed by atoms with van der Waals surface area (Å²) >= 11 is 0. The number of amides is 1. The van der Waals surface area contributed by atoms with Gasteiger partial charge in [-0.3, -0.25) is 4.79 Å². The third-order valence-corrected chi connectivity index (χ3v) is 2.79. The van der Waals surface area contributed by atoms with Crippen LogP contribution < -0.4 is 0 Å². The van der Waals surface area contributed by atoms with Crippen molar-refractivity contribution in [3.05, 3.63) is 11.6 Å². The van der Waals surface area contributed by atoms with Gasteiger partial charge in [0.25, 0.3) is 0 Å². The van der Waals surface area contributed by atoms with Gasteiger partial charge in [-0.1, -0.05) is 39.3 Å². The summed E-state index contributed by atoms with van der Waals surface area (Å²) in [5, 5.41) is 0. The van der Waals surface area contributed by atoms with Gasteiger partial charge in [0.05, 0.1) is 0 Å². The van der Waals surface area contributed by atoms with E-state index in [1.54, 1.807) is 0 Å². The Labute approximate surface area is 93.3 Å². The van der Waals surface area contributed by atoms with Crippen molar-refractivity contribution >= 4 is 5.91 Å². The van der Waals surface area contributed by atoms with Crippen molar-refractivity contribution in [2.45, 2.75) is 47.0 Å². The maximum Gasteiger partial charge on any atom is 0.223 e. The molecule has 0 spiro atoms. The predicted octanol–water partition coefficient (Wildman–Crippen LogP) is 2.99. The molecule has 0 unspecified atom stereocenters. The van der Waals surface area contributed by atoms with Crippen molar-refractivity contribution in [3.8, 4) is 0 Å². The molecule has 1 rings (SSSR count). The Morgan fingerprint density at radius 2 is 2.13 bits per heavy atom. The predicted molar refractivity (Wildman–Crippen MR) is 63.6 cm³/mol. The molecule has 1 aliphatic heterocycles. The van der Waals surface area contributed by atoms with Crippen molar-refractivity contribution < 1.29 is 4.79 Å². The van der Waals surface area contributed by atoms with Gasteiger partial charge in [0.1, 0.15) is 0 Å². The second-order valence-electron chi connectivity index (χ2n) is 5.54. The van der Waals surface area contributed by atoms with Gasteiger partial charge in [-0.05, 0) is 18.3 Å². The fourth-order valence-corrected chi connectivity index (χ4v) is 1.82. The normalized spacial score (nSPS) is 17.6. The Kier molecular flexibility index (Phi) is 3.95. The molecule has 0 radical (unpaired) electrons. The van der Waals surface area contributed by atoms with Gasteiger partial charge in [-0.25, -0.2) is 0 Å². The van der Waals surface area contributed by atoms with Crippen LogP contribution >= 0.6 is 0 Å². The quantitative estimate of drug-likeness (QED) is 0.640. The van der Waals surface area contributed by atoms with E-state index in [0.717, 1.165) is 25.9 Å². The van der Waals surface area contributed by atoms with Crippen molar-refractivity contribution in [3.63, 3.8) is 0 Å². The molecule has 0 bridgehead atoms. The summed E-state index contributed by atoms with van der Waals surface area (Å²) in [4.78, 5) is 13.9. The van der Waals surface area contributed by atoms with Crippen molar-refractivity contribution in [2.75, 3.05) is 13.1 Å². The largest absolute Gasteiger partial charge is 0.339 e. The maximum atomic E-state index is 11.9. The van der Waals surface area contributed by atoms with E-state index in [9.17, 15) is 4.79 Å². The fourth-order valence-electron chi connectivity index (χ4n) is 1.82. The molecule has 1 heterocycles. The molecule has 0 N–H and O–H groups in total. The number of carbonyl (C=O) groups excluding carboxylic acids is 1. The summed E-state index contributed by atoms with van der Waals surface area (Å²) in [6, 6.07) is 0. The molecule has 0 fully saturated rings. The van der Waals surface area contributed by atoms with Crippen LogP contribution in [0.3, 0.4) is 0 Å². The molecule has 15 heavy (non-hydrogen) atoms. The minimum Gasteiger partial charge on any atom is -0.339 e. The first kappa shape index (κ1) is 12.3. The van der Waals surface area contributed by atoms with Gasteiger partial charge in [0.15, 0.2) is 0 Å². The van der Waals surface area contributed by atoms with Gasteiger partial charge in [-0.2, -0.15) is 0 Å². The molecule has 1 amide bonds. The maximum absolute atomic E-state index is 11.9. The molecule has 1 aliphatic rings. The van der Waals surface area contributed by atoms with Gasteiger partial charge in [-0.15, -0.1) is 0 Å². The molecular formula is C13H23NO. The highest BCUT2D eigenvalue weighted by Gasteiger charge is 2.22. The number of rotatable bonds is 2. The Balaban J connectivity index is 2.47. The minimum absolute atomic E-state index is 0.103. The SMILES string of the molecule is CCC1=CCN(C(=O)CC(C)(C)C)CC1. The van der Waals surface area contributed by atoms with Crippen molar-refractivity contribution in [2.24, 2.45) is 5.41 Å². The third kappa shape index (κ3) is 4.06. The first-order valence-electron chi connectivity index (χ1n) is 5.88. The second-order valence-corrected chi connectivity index (χ2v) is 5.54. The number of carbonyl (C=O) groups is 1. The number of hydrogen-bond acceptors (Lipinski definition) is 1. The molecule has 0 aromatic carbocycles. The molecule has 0 saturated carbocycles. The Hall–Kier alpha value is -0.790. The Bertz CT molecular complexity index is 260. The molecule has 0 aliphatic carbocycles. The van der Waals surface area contributed by atoms with E-state index in [1.165, 1.54) is 5.57 Å². The van der Waals surface area contributed by atoms with E-state index < -0.39 is 0 Å². The van der Waals surface area contributed by atoms with Gasteiger partial charge in [0.2, 0.25) is 5.91 Å². The standard InChI is InChI=1S/C13H23NO/c1-5-11-6-8-14(9-7-11)12(15)10-13(2,3)4/h6H,5,7-10H2,1-4H3. The van der Waals surface area contributed by atoms with Crippen LogP contribution in [0.15, 0.2) is 11.6 Å². The summed E-state index contributed by atoms with van der Waals surface area (Å²) in [7, 11) is 0. The van der Waals surface area contributed by atoms with Crippen LogP contribution in [0.25, 0.3) is 0 Å². The van der Waals surface area contributed by atoms with Gasteiger partial charge < -0.3 is 4.90 Å². The molecule has 0 saturated heterocycles. The monoisotopic (exact) mass is 209 g/mol. The minimum atomic E-state index is 0.103. The van der Waals surface area contributed by atoms with Crippen LogP contribution in [0, 0.1) is 5.41 Å². The molecule has 0 atom stereocenters. The molecular weight excluding hydrogens is 186 g/mol. The summed E-state index contributed by atoms with van der Waals surface area (Å²) in [6.45, 7) is 10.2. The van der Waals surface area contributed by atoms with Crippen LogP contribution in [0.2, 0.25) is 0 Å². The first-order valence-corrected chi connectivity index (χ1v) is 5.88. The van der Waals surface area contributed by atoms with Crippen molar-refractivity contribution in [1.29, 1.82) is 0 Å². The van der Waals surface area contributed by atoms with E-state index >= 15 is 0 Å². The van der Waals surface area contributed by atoms with E-state index in [-0.39, 0.29) is 5.41 Å². The van der Waals surface area contributed by atoms with E-state index in [1.807, 2.05) is 4.90 Å². The zero-order chi connectivity index (χ0) is 11.5. The van der Waals surface area contributed by atoms with E-state index in [4.69, 9.17) is 0 Å². The van der Waals surface area contributed by atoms with Crippen LogP contribution in [0.4, 0.5) is 0 Å². The van der Waals surface area contributed by atoms with Crippen LogP contribution in [-0.4, -0.2) is 23.9 Å². The molecule has 86 valence electrons. The smallest absolute Gasteiger partial charge is 0.223 e. The fraction of sp³-hybridized carbons (Fsp3) is 0.769. The summed E-state index contributed by atoms with van der Waals surface area (Å²) in [6.07, 6.45) is 5.06. The van der Waals surface area contributed by atoms with E-state index in [0.29, 0.717) is 12.3 Å². The highest BCUT2D eigenvalue weighted by atomic mass is 16.2. The lowest BCUT2D eigenvalue weighted by Crippen LogP contribution is -2.36. The number of hydrogen-bond donors (Lipinski definition) is 0. The van der Waals surface area contributed by atoms with Gasteiger partial charge >= 0.3 is 0 Å². The average molecular weight is 209 g/mol. The van der Waals surface area contributed by atoms with Crippen LogP contribution in [0.1, 0.15) is 47.0 Å². The highest BCUT2D eigenvalue weighted by molar-refractivity contribution is 5.77. The first-order chi connectivity index (χ1) is 6.92. The van der Waals surface area contributed by atoms with E-state index in [2.05, 4.69) is 33.8 Å². The lowest BCUT2D eigenvalue weighted by atomic mass is 9.91. The second kappa shape index (κ2) is 4.82. The third-order valence-electron chi connectivity index (χ3n) is 2.79. The number of nitrogens with zero attached hydrogens (tertiary/aromatic N) is 1. The summed E-state index contributed by atoms with van der Waals surface area (Å²) in [5.41, 5.74) is 1.60.